The summed E-state index contributed by atoms with van der Waals surface area (Å²) in [6, 6.07) is 4.96. The Labute approximate surface area is 120 Å². The summed E-state index contributed by atoms with van der Waals surface area (Å²) in [5.74, 6) is 0.880. The van der Waals surface area contributed by atoms with Gasteiger partial charge in [-0.1, -0.05) is 0 Å². The Morgan fingerprint density at radius 3 is 3.10 bits per heavy atom. The highest BCUT2D eigenvalue weighted by Gasteiger charge is 2.19. The zero-order valence-corrected chi connectivity index (χ0v) is 11.4. The number of aromatic amines is 1. The molecule has 0 bridgehead atoms. The smallest absolute Gasteiger partial charge is 0.262 e. The zero-order valence-electron chi connectivity index (χ0n) is 11.4. The number of benzene rings is 1. The van der Waals surface area contributed by atoms with Crippen molar-refractivity contribution in [3.63, 3.8) is 0 Å². The SMILES string of the molecule is CN(Cc1ncc[nH]1)C(=O)c1ccc2c(c1)OCC(=O)N2. The van der Waals surface area contributed by atoms with Crippen LogP contribution in [0.1, 0.15) is 16.2 Å². The molecule has 7 nitrogen and oxygen atoms in total. The van der Waals surface area contributed by atoms with Gasteiger partial charge in [-0.25, -0.2) is 4.98 Å². The summed E-state index contributed by atoms with van der Waals surface area (Å²) in [4.78, 5) is 32.2. The van der Waals surface area contributed by atoms with Crippen LogP contribution in [0.25, 0.3) is 0 Å². The van der Waals surface area contributed by atoms with Gasteiger partial charge in [0, 0.05) is 25.0 Å². The van der Waals surface area contributed by atoms with Crippen molar-refractivity contribution in [3.05, 3.63) is 42.0 Å². The van der Waals surface area contributed by atoms with E-state index in [0.717, 1.165) is 0 Å². The number of imidazole rings is 1. The maximum atomic E-state index is 12.4. The third kappa shape index (κ3) is 2.71. The molecule has 1 aliphatic rings. The molecular formula is C14H14N4O3. The van der Waals surface area contributed by atoms with Crippen LogP contribution in [0.5, 0.6) is 5.75 Å². The lowest BCUT2D eigenvalue weighted by Gasteiger charge is -2.20. The Bertz CT molecular complexity index is 682. The number of hydrogen-bond donors (Lipinski definition) is 2. The van der Waals surface area contributed by atoms with Crippen LogP contribution in [-0.2, 0) is 11.3 Å². The fraction of sp³-hybridized carbons (Fsp3) is 0.214. The second kappa shape index (κ2) is 5.28. The summed E-state index contributed by atoms with van der Waals surface area (Å²) in [5.41, 5.74) is 1.08. The van der Waals surface area contributed by atoms with Crippen LogP contribution < -0.4 is 10.1 Å². The van der Waals surface area contributed by atoms with Crippen molar-refractivity contribution in [2.75, 3.05) is 19.0 Å². The van der Waals surface area contributed by atoms with Crippen LogP contribution in [0.4, 0.5) is 5.69 Å². The molecular weight excluding hydrogens is 272 g/mol. The molecule has 3 rings (SSSR count). The quantitative estimate of drug-likeness (QED) is 0.881. The van der Waals surface area contributed by atoms with Gasteiger partial charge in [0.1, 0.15) is 11.6 Å². The first-order valence-corrected chi connectivity index (χ1v) is 6.44. The molecule has 0 atom stereocenters. The van der Waals surface area contributed by atoms with Gasteiger partial charge in [0.05, 0.1) is 12.2 Å². The molecule has 2 N–H and O–H groups in total. The Hall–Kier alpha value is -2.83. The van der Waals surface area contributed by atoms with E-state index >= 15 is 0 Å². The standard InChI is InChI=1S/C14H14N4O3/c1-18(7-12-15-4-5-16-12)14(20)9-2-3-10-11(6-9)21-8-13(19)17-10/h2-6H,7-8H2,1H3,(H,15,16)(H,17,19). The van der Waals surface area contributed by atoms with Crippen molar-refractivity contribution in [2.24, 2.45) is 0 Å². The van der Waals surface area contributed by atoms with Gasteiger partial charge < -0.3 is 19.9 Å². The van der Waals surface area contributed by atoms with E-state index in [0.29, 0.717) is 29.4 Å². The van der Waals surface area contributed by atoms with Crippen molar-refractivity contribution < 1.29 is 14.3 Å². The number of fused-ring (bicyclic) bond motifs is 1. The van der Waals surface area contributed by atoms with Gasteiger partial charge in [0.2, 0.25) is 0 Å². The first kappa shape index (κ1) is 13.2. The number of carbonyl (C=O) groups excluding carboxylic acids is 2. The first-order valence-electron chi connectivity index (χ1n) is 6.44. The van der Waals surface area contributed by atoms with Crippen LogP contribution in [0.2, 0.25) is 0 Å². The molecule has 1 aromatic heterocycles. The monoisotopic (exact) mass is 286 g/mol. The van der Waals surface area contributed by atoms with Gasteiger partial charge in [-0.2, -0.15) is 0 Å². The minimum Gasteiger partial charge on any atom is -0.482 e. The second-order valence-corrected chi connectivity index (χ2v) is 4.74. The summed E-state index contributed by atoms with van der Waals surface area (Å²) < 4.78 is 5.31. The van der Waals surface area contributed by atoms with Crippen molar-refractivity contribution in [1.29, 1.82) is 0 Å². The van der Waals surface area contributed by atoms with Crippen molar-refractivity contribution in [1.82, 2.24) is 14.9 Å². The number of hydrogen-bond acceptors (Lipinski definition) is 4. The Balaban J connectivity index is 1.77. The van der Waals surface area contributed by atoms with E-state index in [1.54, 1.807) is 42.5 Å². The van der Waals surface area contributed by atoms with Gasteiger partial charge in [0.25, 0.3) is 11.8 Å². The highest BCUT2D eigenvalue weighted by Crippen LogP contribution is 2.28. The third-order valence-corrected chi connectivity index (χ3v) is 3.15. The average molecular weight is 286 g/mol. The molecule has 108 valence electrons. The van der Waals surface area contributed by atoms with E-state index in [4.69, 9.17) is 4.74 Å². The summed E-state index contributed by atoms with van der Waals surface area (Å²) >= 11 is 0. The molecule has 0 fully saturated rings. The van der Waals surface area contributed by atoms with E-state index in [-0.39, 0.29) is 18.4 Å². The summed E-state index contributed by atoms with van der Waals surface area (Å²) in [6.45, 7) is 0.355. The highest BCUT2D eigenvalue weighted by molar-refractivity contribution is 5.98. The molecule has 0 radical (unpaired) electrons. The van der Waals surface area contributed by atoms with Crippen LogP contribution in [0, 0.1) is 0 Å². The lowest BCUT2D eigenvalue weighted by Crippen LogP contribution is -2.28. The number of nitrogens with zero attached hydrogens (tertiary/aromatic N) is 2. The fourth-order valence-corrected chi connectivity index (χ4v) is 2.11. The molecule has 2 heterocycles. The predicted molar refractivity (Wildman–Crippen MR) is 75.0 cm³/mol. The number of carbonyl (C=O) groups is 2. The summed E-state index contributed by atoms with van der Waals surface area (Å²) in [6.07, 6.45) is 3.35. The Kier molecular flexibility index (Phi) is 3.31. The van der Waals surface area contributed by atoms with Gasteiger partial charge in [0.15, 0.2) is 6.61 Å². The summed E-state index contributed by atoms with van der Waals surface area (Å²) in [7, 11) is 1.70. The number of nitrogens with one attached hydrogen (secondary N) is 2. The average Bonchev–Trinajstić information content (AvgIpc) is 2.98. The van der Waals surface area contributed by atoms with Crippen molar-refractivity contribution in [2.45, 2.75) is 6.54 Å². The molecule has 0 unspecified atom stereocenters. The zero-order chi connectivity index (χ0) is 14.8. The van der Waals surface area contributed by atoms with Gasteiger partial charge >= 0.3 is 0 Å². The van der Waals surface area contributed by atoms with E-state index in [1.165, 1.54) is 0 Å². The van der Waals surface area contributed by atoms with E-state index in [2.05, 4.69) is 15.3 Å². The molecule has 1 aliphatic heterocycles. The highest BCUT2D eigenvalue weighted by atomic mass is 16.5. The van der Waals surface area contributed by atoms with Gasteiger partial charge in [-0.3, -0.25) is 9.59 Å². The van der Waals surface area contributed by atoms with E-state index in [9.17, 15) is 9.59 Å². The number of anilines is 1. The maximum Gasteiger partial charge on any atom is 0.262 e. The molecule has 2 amide bonds. The van der Waals surface area contributed by atoms with Crippen molar-refractivity contribution >= 4 is 17.5 Å². The molecule has 0 saturated heterocycles. The number of amides is 2. The van der Waals surface area contributed by atoms with E-state index in [1.807, 2.05) is 0 Å². The lowest BCUT2D eigenvalue weighted by atomic mass is 10.1. The van der Waals surface area contributed by atoms with Crippen LogP contribution in [-0.4, -0.2) is 40.3 Å². The molecule has 2 aromatic rings. The van der Waals surface area contributed by atoms with Crippen LogP contribution in [0.3, 0.4) is 0 Å². The predicted octanol–water partition coefficient (Wildman–Crippen LogP) is 1.01. The normalized spacial score (nSPS) is 13.1. The van der Waals surface area contributed by atoms with Crippen molar-refractivity contribution in [3.8, 4) is 5.75 Å². The minimum absolute atomic E-state index is 0.0348. The van der Waals surface area contributed by atoms with Gasteiger partial charge in [-0.15, -0.1) is 0 Å². The third-order valence-electron chi connectivity index (χ3n) is 3.15. The maximum absolute atomic E-state index is 12.4. The number of ether oxygens (including phenoxy) is 1. The molecule has 0 spiro atoms. The number of aromatic nitrogens is 2. The molecule has 7 heteroatoms. The Morgan fingerprint density at radius 2 is 2.33 bits per heavy atom. The minimum atomic E-state index is -0.198. The molecule has 1 aromatic carbocycles. The number of rotatable bonds is 3. The van der Waals surface area contributed by atoms with Crippen LogP contribution in [0.15, 0.2) is 30.6 Å². The molecule has 21 heavy (non-hydrogen) atoms. The van der Waals surface area contributed by atoms with Crippen LogP contribution >= 0.6 is 0 Å². The number of H-pyrrole nitrogens is 1. The largest absolute Gasteiger partial charge is 0.482 e. The van der Waals surface area contributed by atoms with E-state index < -0.39 is 0 Å². The molecule has 0 aliphatic carbocycles. The first-order chi connectivity index (χ1) is 10.1. The summed E-state index contributed by atoms with van der Waals surface area (Å²) in [5, 5.41) is 2.69. The topological polar surface area (TPSA) is 87.3 Å². The molecule has 0 saturated carbocycles. The fourth-order valence-electron chi connectivity index (χ4n) is 2.11. The lowest BCUT2D eigenvalue weighted by molar-refractivity contribution is -0.118. The Morgan fingerprint density at radius 1 is 1.48 bits per heavy atom. The van der Waals surface area contributed by atoms with Gasteiger partial charge in [-0.05, 0) is 18.2 Å². The second-order valence-electron chi connectivity index (χ2n) is 4.74.